The van der Waals surface area contributed by atoms with Crippen LogP contribution in [-0.4, -0.2) is 62.7 Å². The number of nitriles is 1. The van der Waals surface area contributed by atoms with Crippen LogP contribution in [0, 0.1) is 11.3 Å². The lowest BCUT2D eigenvalue weighted by Gasteiger charge is -2.36. The Hall–Kier alpha value is -3.25. The number of alkyl halides is 3. The summed E-state index contributed by atoms with van der Waals surface area (Å²) in [6, 6.07) is 15.9. The largest absolute Gasteiger partial charge is 0.417 e. The lowest BCUT2D eigenvalue weighted by atomic mass is 10.0. The van der Waals surface area contributed by atoms with E-state index in [9.17, 15) is 18.0 Å². The predicted octanol–water partition coefficient (Wildman–Crippen LogP) is 4.26. The first-order chi connectivity index (χ1) is 17.3. The molecule has 2 aliphatic rings. The molecule has 2 aromatic rings. The zero-order valence-corrected chi connectivity index (χ0v) is 20.3. The second-order valence-corrected chi connectivity index (χ2v) is 9.44. The summed E-state index contributed by atoms with van der Waals surface area (Å²) in [6.07, 6.45) is -1.93. The molecule has 0 aromatic heterocycles. The number of carbonyl (C=O) groups is 1. The van der Waals surface area contributed by atoms with E-state index in [2.05, 4.69) is 39.4 Å². The quantitative estimate of drug-likeness (QED) is 0.617. The standard InChI is InChI=1S/C27H32F3N5O/c28-27(29,30)25-19-24(9-8-21(25)20-31)34-13-10-22(11-14-34)32-26(36)7-4-12-33-15-17-35(18-16-33)23-5-2-1-3-6-23/h1-3,5-6,8-9,19,22H,4,7,10-18H2,(H,32,36). The highest BCUT2D eigenvalue weighted by Gasteiger charge is 2.34. The average molecular weight is 500 g/mol. The molecule has 0 radical (unpaired) electrons. The Kier molecular flexibility index (Phi) is 8.36. The predicted molar refractivity (Wildman–Crippen MR) is 134 cm³/mol. The molecule has 0 spiro atoms. The van der Waals surface area contributed by atoms with Crippen LogP contribution in [0.15, 0.2) is 48.5 Å². The van der Waals surface area contributed by atoms with E-state index in [1.807, 2.05) is 11.0 Å². The molecular formula is C27H32F3N5O. The van der Waals surface area contributed by atoms with E-state index in [-0.39, 0.29) is 17.5 Å². The van der Waals surface area contributed by atoms with Gasteiger partial charge in [-0.3, -0.25) is 9.69 Å². The Morgan fingerprint density at radius 2 is 1.61 bits per heavy atom. The van der Waals surface area contributed by atoms with Crippen molar-refractivity contribution in [2.24, 2.45) is 0 Å². The molecule has 192 valence electrons. The van der Waals surface area contributed by atoms with Gasteiger partial charge in [-0.2, -0.15) is 18.4 Å². The van der Waals surface area contributed by atoms with Gasteiger partial charge < -0.3 is 15.1 Å². The third-order valence-corrected chi connectivity index (χ3v) is 7.03. The molecule has 1 amide bonds. The van der Waals surface area contributed by atoms with E-state index in [1.165, 1.54) is 11.8 Å². The van der Waals surface area contributed by atoms with Crippen molar-refractivity contribution in [1.29, 1.82) is 5.26 Å². The van der Waals surface area contributed by atoms with Crippen LogP contribution in [0.4, 0.5) is 24.5 Å². The maximum atomic E-state index is 13.3. The van der Waals surface area contributed by atoms with Crippen LogP contribution in [0.2, 0.25) is 0 Å². The highest BCUT2D eigenvalue weighted by molar-refractivity contribution is 5.76. The number of halogens is 3. The molecule has 2 aliphatic heterocycles. The molecule has 2 fully saturated rings. The number of para-hydroxylation sites is 1. The Balaban J connectivity index is 1.16. The first-order valence-corrected chi connectivity index (χ1v) is 12.5. The van der Waals surface area contributed by atoms with Crippen LogP contribution in [0.3, 0.4) is 0 Å². The van der Waals surface area contributed by atoms with E-state index in [1.54, 1.807) is 12.1 Å². The molecule has 0 unspecified atom stereocenters. The van der Waals surface area contributed by atoms with Crippen molar-refractivity contribution in [1.82, 2.24) is 10.2 Å². The number of hydrogen-bond donors (Lipinski definition) is 1. The number of carbonyl (C=O) groups excluding carboxylic acids is 1. The summed E-state index contributed by atoms with van der Waals surface area (Å²) in [5, 5.41) is 12.1. The maximum absolute atomic E-state index is 13.3. The minimum atomic E-state index is -4.57. The molecule has 1 N–H and O–H groups in total. The van der Waals surface area contributed by atoms with Crippen LogP contribution in [0.25, 0.3) is 0 Å². The van der Waals surface area contributed by atoms with Gasteiger partial charge in [-0.15, -0.1) is 0 Å². The van der Waals surface area contributed by atoms with E-state index < -0.39 is 11.7 Å². The van der Waals surface area contributed by atoms with Crippen LogP contribution in [0.1, 0.15) is 36.8 Å². The third-order valence-electron chi connectivity index (χ3n) is 7.03. The Morgan fingerprint density at radius 3 is 2.25 bits per heavy atom. The van der Waals surface area contributed by atoms with Gasteiger partial charge in [-0.1, -0.05) is 18.2 Å². The number of nitrogens with zero attached hydrogens (tertiary/aromatic N) is 4. The van der Waals surface area contributed by atoms with Crippen LogP contribution >= 0.6 is 0 Å². The molecule has 2 aromatic carbocycles. The van der Waals surface area contributed by atoms with Gasteiger partial charge in [0.2, 0.25) is 5.91 Å². The smallest absolute Gasteiger partial charge is 0.371 e. The van der Waals surface area contributed by atoms with Crippen molar-refractivity contribution in [3.8, 4) is 6.07 Å². The molecule has 0 saturated carbocycles. The summed E-state index contributed by atoms with van der Waals surface area (Å²) < 4.78 is 39.8. The van der Waals surface area contributed by atoms with Gasteiger partial charge in [-0.05, 0) is 56.1 Å². The molecule has 2 heterocycles. The summed E-state index contributed by atoms with van der Waals surface area (Å²) in [7, 11) is 0. The van der Waals surface area contributed by atoms with Gasteiger partial charge in [0.1, 0.15) is 0 Å². The monoisotopic (exact) mass is 499 g/mol. The van der Waals surface area contributed by atoms with Gasteiger partial charge in [0.15, 0.2) is 0 Å². The summed E-state index contributed by atoms with van der Waals surface area (Å²) in [4.78, 5) is 19.1. The first-order valence-electron chi connectivity index (χ1n) is 12.5. The zero-order valence-electron chi connectivity index (χ0n) is 20.3. The van der Waals surface area contributed by atoms with Gasteiger partial charge in [0.25, 0.3) is 0 Å². The molecule has 0 atom stereocenters. The van der Waals surface area contributed by atoms with Crippen LogP contribution in [-0.2, 0) is 11.0 Å². The number of piperazine rings is 1. The highest BCUT2D eigenvalue weighted by Crippen LogP contribution is 2.35. The van der Waals surface area contributed by atoms with Gasteiger partial charge in [0.05, 0.1) is 17.2 Å². The van der Waals surface area contributed by atoms with Crippen molar-refractivity contribution < 1.29 is 18.0 Å². The summed E-state index contributed by atoms with van der Waals surface area (Å²) in [5.41, 5.74) is 0.437. The Morgan fingerprint density at radius 1 is 0.944 bits per heavy atom. The molecule has 9 heteroatoms. The topological polar surface area (TPSA) is 62.6 Å². The van der Waals surface area contributed by atoms with Gasteiger partial charge >= 0.3 is 6.18 Å². The number of amides is 1. The fourth-order valence-electron chi connectivity index (χ4n) is 4.97. The second-order valence-electron chi connectivity index (χ2n) is 9.44. The molecular weight excluding hydrogens is 467 g/mol. The number of hydrogen-bond acceptors (Lipinski definition) is 5. The third kappa shape index (κ3) is 6.70. The molecule has 2 saturated heterocycles. The first kappa shape index (κ1) is 25.8. The Labute approximate surface area is 210 Å². The van der Waals surface area contributed by atoms with Crippen molar-refractivity contribution in [2.75, 3.05) is 55.6 Å². The molecule has 6 nitrogen and oxygen atoms in total. The summed E-state index contributed by atoms with van der Waals surface area (Å²) in [6.45, 7) is 5.95. The van der Waals surface area contributed by atoms with E-state index in [0.29, 0.717) is 38.0 Å². The number of piperidine rings is 1. The SMILES string of the molecule is N#Cc1ccc(N2CCC(NC(=O)CCCN3CCN(c4ccccc4)CC3)CC2)cc1C(F)(F)F. The Bertz CT molecular complexity index is 1050. The maximum Gasteiger partial charge on any atom is 0.417 e. The van der Waals surface area contributed by atoms with Crippen LogP contribution < -0.4 is 15.1 Å². The number of rotatable bonds is 7. The van der Waals surface area contributed by atoms with Crippen molar-refractivity contribution in [3.05, 3.63) is 59.7 Å². The minimum absolute atomic E-state index is 0.0311. The van der Waals surface area contributed by atoms with Crippen molar-refractivity contribution in [2.45, 2.75) is 37.9 Å². The van der Waals surface area contributed by atoms with E-state index in [4.69, 9.17) is 5.26 Å². The number of benzene rings is 2. The molecule has 0 bridgehead atoms. The highest BCUT2D eigenvalue weighted by atomic mass is 19.4. The van der Waals surface area contributed by atoms with E-state index >= 15 is 0 Å². The lowest BCUT2D eigenvalue weighted by molar-refractivity contribution is -0.137. The average Bonchev–Trinajstić information content (AvgIpc) is 2.89. The second kappa shape index (κ2) is 11.7. The van der Waals surface area contributed by atoms with Crippen molar-refractivity contribution in [3.63, 3.8) is 0 Å². The minimum Gasteiger partial charge on any atom is -0.371 e. The summed E-state index contributed by atoms with van der Waals surface area (Å²) >= 11 is 0. The number of nitrogens with one attached hydrogen (secondary N) is 1. The summed E-state index contributed by atoms with van der Waals surface area (Å²) in [5.74, 6) is 0.0362. The molecule has 0 aliphatic carbocycles. The fourth-order valence-corrected chi connectivity index (χ4v) is 4.97. The van der Waals surface area contributed by atoms with Gasteiger partial charge in [-0.25, -0.2) is 0 Å². The zero-order chi connectivity index (χ0) is 25.5. The number of anilines is 2. The lowest BCUT2D eigenvalue weighted by Crippen LogP contribution is -2.47. The molecule has 4 rings (SSSR count). The normalized spacial score (nSPS) is 17.6. The van der Waals surface area contributed by atoms with Gasteiger partial charge in [0, 0.05) is 63.1 Å². The van der Waals surface area contributed by atoms with E-state index in [0.717, 1.165) is 45.2 Å². The fraction of sp³-hybridized carbons (Fsp3) is 0.481. The molecule has 36 heavy (non-hydrogen) atoms. The van der Waals surface area contributed by atoms with Crippen molar-refractivity contribution >= 4 is 17.3 Å². The van der Waals surface area contributed by atoms with Crippen LogP contribution in [0.5, 0.6) is 0 Å².